The Morgan fingerprint density at radius 2 is 1.13 bits per heavy atom. The van der Waals surface area contributed by atoms with Gasteiger partial charge >= 0.3 is 18.2 Å². The Labute approximate surface area is 82.3 Å². The van der Waals surface area contributed by atoms with Gasteiger partial charge in [-0.2, -0.15) is 30.7 Å². The van der Waals surface area contributed by atoms with E-state index >= 15 is 0 Å². The van der Waals surface area contributed by atoms with Crippen LogP contribution in [0.2, 0.25) is 19.6 Å². The lowest BCUT2D eigenvalue weighted by Gasteiger charge is -2.32. The summed E-state index contributed by atoms with van der Waals surface area (Å²) >= 11 is 0. The standard InChI is InChI=1S/C6H9F7OSi/c1-15(2,3)14-6(12,13)4(7,8)5(9,10)11/h1-3H3. The van der Waals surface area contributed by atoms with Gasteiger partial charge < -0.3 is 4.43 Å². The summed E-state index contributed by atoms with van der Waals surface area (Å²) in [7, 11) is -3.21. The van der Waals surface area contributed by atoms with E-state index in [1.165, 1.54) is 0 Å². The Balaban J connectivity index is 5.03. The molecule has 0 aromatic heterocycles. The molecule has 0 saturated carbocycles. The summed E-state index contributed by atoms with van der Waals surface area (Å²) in [5.74, 6) is -6.18. The van der Waals surface area contributed by atoms with Crippen LogP contribution in [0.15, 0.2) is 0 Å². The summed E-state index contributed by atoms with van der Waals surface area (Å²) in [5, 5.41) is 0. The van der Waals surface area contributed by atoms with Crippen molar-refractivity contribution in [3.63, 3.8) is 0 Å². The quantitative estimate of drug-likeness (QED) is 0.555. The summed E-state index contributed by atoms with van der Waals surface area (Å²) in [4.78, 5) is 0. The number of hydrogen-bond acceptors (Lipinski definition) is 1. The molecule has 0 fully saturated rings. The minimum Gasteiger partial charge on any atom is -0.358 e. The Kier molecular flexibility index (Phi) is 3.54. The molecule has 92 valence electrons. The van der Waals surface area contributed by atoms with Gasteiger partial charge in [-0.25, -0.2) is 0 Å². The first-order chi connectivity index (χ1) is 6.21. The van der Waals surface area contributed by atoms with Gasteiger partial charge in [-0.3, -0.25) is 0 Å². The van der Waals surface area contributed by atoms with Gasteiger partial charge in [-0.1, -0.05) is 0 Å². The molecule has 0 aromatic rings. The number of rotatable bonds is 3. The van der Waals surface area contributed by atoms with E-state index in [2.05, 4.69) is 4.43 Å². The van der Waals surface area contributed by atoms with Crippen molar-refractivity contribution in [2.24, 2.45) is 0 Å². The maximum Gasteiger partial charge on any atom is 0.462 e. The van der Waals surface area contributed by atoms with Gasteiger partial charge in [0.1, 0.15) is 0 Å². The monoisotopic (exact) mass is 258 g/mol. The third-order valence-electron chi connectivity index (χ3n) is 1.16. The first kappa shape index (κ1) is 14.7. The maximum atomic E-state index is 12.5. The molecule has 0 aromatic carbocycles. The Hall–Kier alpha value is -0.313. The number of hydrogen-bond donors (Lipinski definition) is 0. The van der Waals surface area contributed by atoms with Crippen molar-refractivity contribution in [1.82, 2.24) is 0 Å². The van der Waals surface area contributed by atoms with Crippen LogP contribution < -0.4 is 0 Å². The molecule has 9 heteroatoms. The largest absolute Gasteiger partial charge is 0.462 e. The molecule has 15 heavy (non-hydrogen) atoms. The molecule has 0 N–H and O–H groups in total. The van der Waals surface area contributed by atoms with Crippen LogP contribution in [-0.4, -0.2) is 26.5 Å². The second kappa shape index (κ2) is 3.61. The zero-order valence-electron chi connectivity index (χ0n) is 8.05. The zero-order valence-corrected chi connectivity index (χ0v) is 9.05. The van der Waals surface area contributed by atoms with E-state index in [1.807, 2.05) is 0 Å². The zero-order chi connectivity index (χ0) is 12.7. The highest BCUT2D eigenvalue weighted by molar-refractivity contribution is 6.69. The van der Waals surface area contributed by atoms with Crippen LogP contribution in [0.4, 0.5) is 30.7 Å². The van der Waals surface area contributed by atoms with Crippen LogP contribution in [-0.2, 0) is 4.43 Å². The van der Waals surface area contributed by atoms with Crippen molar-refractivity contribution in [3.05, 3.63) is 0 Å². The summed E-state index contributed by atoms with van der Waals surface area (Å²) in [6, 6.07) is 0. The second-order valence-electron chi connectivity index (χ2n) is 3.80. The van der Waals surface area contributed by atoms with Gasteiger partial charge in [0.25, 0.3) is 0 Å². The van der Waals surface area contributed by atoms with Crippen molar-refractivity contribution in [2.45, 2.75) is 37.8 Å². The number of halogens is 7. The predicted molar refractivity (Wildman–Crippen MR) is 40.4 cm³/mol. The summed E-state index contributed by atoms with van der Waals surface area (Å²) in [6.07, 6.45) is -11.9. The Bertz CT molecular complexity index is 229. The maximum absolute atomic E-state index is 12.5. The molecule has 0 atom stereocenters. The highest BCUT2D eigenvalue weighted by Crippen LogP contribution is 2.47. The van der Waals surface area contributed by atoms with Crippen molar-refractivity contribution in [2.75, 3.05) is 0 Å². The van der Waals surface area contributed by atoms with E-state index in [0.717, 1.165) is 19.6 Å². The Morgan fingerprint density at radius 1 is 0.800 bits per heavy atom. The van der Waals surface area contributed by atoms with Gasteiger partial charge in [-0.15, -0.1) is 0 Å². The lowest BCUT2D eigenvalue weighted by atomic mass is 10.3. The van der Waals surface area contributed by atoms with Crippen LogP contribution in [0.25, 0.3) is 0 Å². The summed E-state index contributed by atoms with van der Waals surface area (Å²) < 4.78 is 88.0. The van der Waals surface area contributed by atoms with Gasteiger partial charge in [0.2, 0.25) is 0 Å². The fourth-order valence-corrected chi connectivity index (χ4v) is 1.51. The van der Waals surface area contributed by atoms with Crippen molar-refractivity contribution < 1.29 is 35.2 Å². The molecule has 1 nitrogen and oxygen atoms in total. The van der Waals surface area contributed by atoms with E-state index in [9.17, 15) is 30.7 Å². The van der Waals surface area contributed by atoms with Gasteiger partial charge in [0, 0.05) is 0 Å². The lowest BCUT2D eigenvalue weighted by molar-refractivity contribution is -0.405. The van der Waals surface area contributed by atoms with E-state index < -0.39 is 26.5 Å². The molecule has 0 heterocycles. The topological polar surface area (TPSA) is 9.23 Å². The van der Waals surface area contributed by atoms with E-state index in [0.29, 0.717) is 0 Å². The molecule has 0 unspecified atom stereocenters. The average molecular weight is 258 g/mol. The molecule has 0 aliphatic heterocycles. The van der Waals surface area contributed by atoms with Crippen LogP contribution in [0, 0.1) is 0 Å². The predicted octanol–water partition coefficient (Wildman–Crippen LogP) is 3.63. The molecule has 0 radical (unpaired) electrons. The fourth-order valence-electron chi connectivity index (χ4n) is 0.614. The summed E-state index contributed by atoms with van der Waals surface area (Å²) in [5.41, 5.74) is 0. The SMILES string of the molecule is C[Si](C)(C)OC(F)(F)C(F)(F)C(F)(F)F. The normalized spacial score (nSPS) is 15.6. The highest BCUT2D eigenvalue weighted by atomic mass is 28.4. The summed E-state index contributed by atoms with van der Waals surface area (Å²) in [6.45, 7) is 3.23. The molecule has 0 bridgehead atoms. The van der Waals surface area contributed by atoms with Crippen LogP contribution in [0.3, 0.4) is 0 Å². The van der Waals surface area contributed by atoms with Gasteiger partial charge in [0.15, 0.2) is 8.32 Å². The second-order valence-corrected chi connectivity index (χ2v) is 8.23. The molecular weight excluding hydrogens is 249 g/mol. The number of alkyl halides is 7. The van der Waals surface area contributed by atoms with Crippen molar-refractivity contribution in [1.29, 1.82) is 0 Å². The highest BCUT2D eigenvalue weighted by Gasteiger charge is 2.74. The molecule has 0 rings (SSSR count). The Morgan fingerprint density at radius 3 is 1.33 bits per heavy atom. The van der Waals surface area contributed by atoms with Gasteiger partial charge in [-0.05, 0) is 19.6 Å². The molecular formula is C6H9F7OSi. The molecule has 0 spiro atoms. The van der Waals surface area contributed by atoms with E-state index in [-0.39, 0.29) is 0 Å². The van der Waals surface area contributed by atoms with Crippen LogP contribution >= 0.6 is 0 Å². The van der Waals surface area contributed by atoms with Crippen LogP contribution in [0.5, 0.6) is 0 Å². The molecule has 0 aliphatic rings. The minimum absolute atomic E-state index is 1.08. The first-order valence-corrected chi connectivity index (χ1v) is 7.14. The van der Waals surface area contributed by atoms with Gasteiger partial charge in [0.05, 0.1) is 0 Å². The van der Waals surface area contributed by atoms with Crippen molar-refractivity contribution >= 4 is 8.32 Å². The van der Waals surface area contributed by atoms with E-state index in [4.69, 9.17) is 0 Å². The van der Waals surface area contributed by atoms with Crippen LogP contribution in [0.1, 0.15) is 0 Å². The average Bonchev–Trinajstić information content (AvgIpc) is 1.77. The lowest BCUT2D eigenvalue weighted by Crippen LogP contribution is -2.56. The third-order valence-corrected chi connectivity index (χ3v) is 2.02. The van der Waals surface area contributed by atoms with Crippen molar-refractivity contribution in [3.8, 4) is 0 Å². The first-order valence-electron chi connectivity index (χ1n) is 3.73. The minimum atomic E-state index is -6.34. The third kappa shape index (κ3) is 3.33. The fraction of sp³-hybridized carbons (Fsp3) is 1.00. The molecule has 0 amide bonds. The molecule has 0 saturated heterocycles. The molecule has 0 aliphatic carbocycles. The van der Waals surface area contributed by atoms with E-state index in [1.54, 1.807) is 0 Å². The smallest absolute Gasteiger partial charge is 0.358 e.